The lowest BCUT2D eigenvalue weighted by Gasteiger charge is -2.15. The van der Waals surface area contributed by atoms with Crippen molar-refractivity contribution in [1.29, 1.82) is 0 Å². The summed E-state index contributed by atoms with van der Waals surface area (Å²) in [5.74, 6) is 0.718. The van der Waals surface area contributed by atoms with E-state index in [-0.39, 0.29) is 12.5 Å². The number of hydrogen-bond donors (Lipinski definition) is 2. The zero-order valence-corrected chi connectivity index (χ0v) is 14.4. The molecule has 24 heavy (non-hydrogen) atoms. The van der Waals surface area contributed by atoms with Crippen molar-refractivity contribution in [3.8, 4) is 0 Å². The monoisotopic (exact) mass is 347 g/mol. The molecule has 0 bridgehead atoms. The normalized spacial score (nSPS) is 15.4. The van der Waals surface area contributed by atoms with Crippen LogP contribution in [0.2, 0.25) is 0 Å². The number of rotatable bonds is 8. The van der Waals surface area contributed by atoms with E-state index in [9.17, 15) is 14.7 Å². The Balaban J connectivity index is 1.76. The van der Waals surface area contributed by atoms with Crippen LogP contribution in [-0.2, 0) is 21.9 Å². The second-order valence-corrected chi connectivity index (χ2v) is 7.04. The van der Waals surface area contributed by atoms with Gasteiger partial charge in [-0.3, -0.25) is 4.79 Å². The van der Waals surface area contributed by atoms with Crippen LogP contribution in [0.4, 0.5) is 0 Å². The number of thioether (sulfide) groups is 1. The van der Waals surface area contributed by atoms with Crippen molar-refractivity contribution in [3.63, 3.8) is 0 Å². The Kier molecular flexibility index (Phi) is 5.08. The molecule has 1 aromatic heterocycles. The van der Waals surface area contributed by atoms with E-state index in [1.165, 1.54) is 0 Å². The Morgan fingerprint density at radius 2 is 2.17 bits per heavy atom. The number of carbonyl (C=O) groups excluding carboxylic acids is 1. The van der Waals surface area contributed by atoms with Crippen LogP contribution in [0, 0.1) is 5.92 Å². The topological polar surface area (TPSA) is 84.2 Å². The zero-order valence-electron chi connectivity index (χ0n) is 13.6. The molecule has 0 radical (unpaired) electrons. The summed E-state index contributed by atoms with van der Waals surface area (Å²) in [5, 5.41) is 12.0. The van der Waals surface area contributed by atoms with Crippen LogP contribution in [0.5, 0.6) is 0 Å². The first-order valence-electron chi connectivity index (χ1n) is 8.03. The van der Waals surface area contributed by atoms with Crippen molar-refractivity contribution < 1.29 is 14.7 Å². The molecular formula is C17H21N3O3S. The van der Waals surface area contributed by atoms with Gasteiger partial charge in [-0.1, -0.05) is 25.0 Å². The third kappa shape index (κ3) is 3.90. The fraction of sp³-hybridized carbons (Fsp3) is 0.471. The number of carbonyl (C=O) groups is 2. The molecule has 1 fully saturated rings. The van der Waals surface area contributed by atoms with Crippen LogP contribution in [0.15, 0.2) is 24.3 Å². The predicted octanol–water partition coefficient (Wildman–Crippen LogP) is 2.27. The van der Waals surface area contributed by atoms with Gasteiger partial charge in [0.15, 0.2) is 0 Å². The molecule has 1 atom stereocenters. The highest BCUT2D eigenvalue weighted by Crippen LogP contribution is 2.33. The van der Waals surface area contributed by atoms with Gasteiger partial charge in [0.2, 0.25) is 5.91 Å². The molecule has 0 aliphatic heterocycles. The lowest BCUT2D eigenvalue weighted by Crippen LogP contribution is -2.42. The summed E-state index contributed by atoms with van der Waals surface area (Å²) in [5.41, 5.74) is 1.74. The van der Waals surface area contributed by atoms with E-state index in [1.54, 1.807) is 11.8 Å². The number of aliphatic carboxylic acids is 1. The largest absolute Gasteiger partial charge is 0.480 e. The first kappa shape index (κ1) is 16.8. The van der Waals surface area contributed by atoms with Gasteiger partial charge < -0.3 is 15.0 Å². The van der Waals surface area contributed by atoms with Gasteiger partial charge in [0, 0.05) is 0 Å². The molecule has 1 aliphatic rings. The predicted molar refractivity (Wildman–Crippen MR) is 93.9 cm³/mol. The highest BCUT2D eigenvalue weighted by Gasteiger charge is 2.30. The molecule has 128 valence electrons. The minimum Gasteiger partial charge on any atom is -0.480 e. The van der Waals surface area contributed by atoms with E-state index in [1.807, 2.05) is 35.1 Å². The number of benzene rings is 1. The lowest BCUT2D eigenvalue weighted by molar-refractivity contribution is -0.142. The third-order valence-corrected chi connectivity index (χ3v) is 4.75. The maximum Gasteiger partial charge on any atom is 0.326 e. The summed E-state index contributed by atoms with van der Waals surface area (Å²) >= 11 is 1.64. The number of para-hydroxylation sites is 2. The van der Waals surface area contributed by atoms with Gasteiger partial charge >= 0.3 is 5.97 Å². The van der Waals surface area contributed by atoms with Crippen molar-refractivity contribution in [2.24, 2.45) is 5.92 Å². The van der Waals surface area contributed by atoms with E-state index in [0.717, 1.165) is 29.7 Å². The molecule has 1 unspecified atom stereocenters. The number of carboxylic acids is 1. The molecule has 1 saturated carbocycles. The molecule has 2 N–H and O–H groups in total. The number of nitrogens with zero attached hydrogens (tertiary/aromatic N) is 2. The average Bonchev–Trinajstić information content (AvgIpc) is 3.30. The van der Waals surface area contributed by atoms with Gasteiger partial charge in [-0.05, 0) is 30.7 Å². The van der Waals surface area contributed by atoms with Crippen molar-refractivity contribution in [1.82, 2.24) is 14.9 Å². The maximum atomic E-state index is 12.4. The maximum absolute atomic E-state index is 12.4. The number of carboxylic acid groups (broad SMARTS) is 1. The first-order valence-corrected chi connectivity index (χ1v) is 9.43. The van der Waals surface area contributed by atoms with Crippen LogP contribution < -0.4 is 5.32 Å². The van der Waals surface area contributed by atoms with Gasteiger partial charge in [0.25, 0.3) is 0 Å². The van der Waals surface area contributed by atoms with Crippen molar-refractivity contribution in [3.05, 3.63) is 30.1 Å². The van der Waals surface area contributed by atoms with Gasteiger partial charge in [-0.2, -0.15) is 11.8 Å². The third-order valence-electron chi connectivity index (χ3n) is 4.21. The summed E-state index contributed by atoms with van der Waals surface area (Å²) in [6.07, 6.45) is 4.62. The van der Waals surface area contributed by atoms with Crippen LogP contribution in [-0.4, -0.2) is 38.8 Å². The summed E-state index contributed by atoms with van der Waals surface area (Å²) < 4.78 is 1.87. The molecule has 0 saturated heterocycles. The molecular weight excluding hydrogens is 326 g/mol. The average molecular weight is 347 g/mol. The number of amides is 1. The number of aromatic nitrogens is 2. The number of fused-ring (bicyclic) bond motifs is 1. The van der Waals surface area contributed by atoms with E-state index in [2.05, 4.69) is 10.3 Å². The van der Waals surface area contributed by atoms with Crippen molar-refractivity contribution in [2.75, 3.05) is 6.26 Å². The Morgan fingerprint density at radius 1 is 1.42 bits per heavy atom. The lowest BCUT2D eigenvalue weighted by atomic mass is 10.1. The molecule has 1 aliphatic carbocycles. The van der Waals surface area contributed by atoms with E-state index >= 15 is 0 Å². The van der Waals surface area contributed by atoms with Crippen LogP contribution in [0.1, 0.15) is 25.1 Å². The smallest absolute Gasteiger partial charge is 0.326 e. The fourth-order valence-corrected chi connectivity index (χ4v) is 3.31. The molecule has 6 nitrogen and oxygen atoms in total. The quantitative estimate of drug-likeness (QED) is 0.765. The highest BCUT2D eigenvalue weighted by molar-refractivity contribution is 7.97. The van der Waals surface area contributed by atoms with Crippen molar-refractivity contribution >= 4 is 34.7 Å². The number of hydrogen-bond acceptors (Lipinski definition) is 4. The standard InChI is InChI=1S/C17H21N3O3S/c1-24-10-15-18-12-4-2-3-5-14(12)20(15)9-16(21)19-13(17(22)23)8-11-6-7-11/h2-5,11,13H,6-10H2,1H3,(H,19,21)(H,22,23). The van der Waals surface area contributed by atoms with Gasteiger partial charge in [-0.15, -0.1) is 0 Å². The second kappa shape index (κ2) is 7.25. The van der Waals surface area contributed by atoms with Crippen LogP contribution in [0.25, 0.3) is 11.0 Å². The molecule has 1 aromatic carbocycles. The molecule has 0 spiro atoms. The Hall–Kier alpha value is -2.02. The second-order valence-electron chi connectivity index (χ2n) is 6.17. The molecule has 1 amide bonds. The molecule has 1 heterocycles. The van der Waals surface area contributed by atoms with Crippen LogP contribution in [0.3, 0.4) is 0 Å². The number of nitrogens with one attached hydrogen (secondary N) is 1. The van der Waals surface area contributed by atoms with Crippen LogP contribution >= 0.6 is 11.8 Å². The summed E-state index contributed by atoms with van der Waals surface area (Å²) in [6.45, 7) is 0.0881. The zero-order chi connectivity index (χ0) is 17.1. The molecule has 2 aromatic rings. The minimum absolute atomic E-state index is 0.0881. The Bertz CT molecular complexity index is 755. The van der Waals surface area contributed by atoms with Gasteiger partial charge in [0.05, 0.1) is 16.8 Å². The van der Waals surface area contributed by atoms with E-state index in [0.29, 0.717) is 18.1 Å². The van der Waals surface area contributed by atoms with Gasteiger partial charge in [-0.25, -0.2) is 9.78 Å². The summed E-state index contributed by atoms with van der Waals surface area (Å²) in [4.78, 5) is 28.3. The Labute approximate surface area is 144 Å². The molecule has 7 heteroatoms. The van der Waals surface area contributed by atoms with E-state index < -0.39 is 12.0 Å². The van der Waals surface area contributed by atoms with Gasteiger partial charge in [0.1, 0.15) is 18.4 Å². The Morgan fingerprint density at radius 3 is 2.83 bits per heavy atom. The summed E-state index contributed by atoms with van der Waals surface area (Å²) in [6, 6.07) is 6.87. The minimum atomic E-state index is -0.963. The summed E-state index contributed by atoms with van der Waals surface area (Å²) in [7, 11) is 0. The fourth-order valence-electron chi connectivity index (χ4n) is 2.83. The molecule has 3 rings (SSSR count). The van der Waals surface area contributed by atoms with Crippen molar-refractivity contribution in [2.45, 2.75) is 37.6 Å². The number of imidazole rings is 1. The highest BCUT2D eigenvalue weighted by atomic mass is 32.2. The van der Waals surface area contributed by atoms with E-state index in [4.69, 9.17) is 0 Å². The SMILES string of the molecule is CSCc1nc2ccccc2n1CC(=O)NC(CC1CC1)C(=O)O. The first-order chi connectivity index (χ1) is 11.6.